The molecule has 53 heavy (non-hydrogen) atoms. The zero-order chi connectivity index (χ0) is 35.0. The lowest BCUT2D eigenvalue weighted by molar-refractivity contribution is 0.663. The molecule has 0 aliphatic heterocycles. The van der Waals surface area contributed by atoms with Crippen LogP contribution in [0.25, 0.3) is 99.6 Å². The van der Waals surface area contributed by atoms with Gasteiger partial charge in [0.1, 0.15) is 0 Å². The summed E-state index contributed by atoms with van der Waals surface area (Å²) in [6, 6.07) is 54.3. The predicted octanol–water partition coefficient (Wildman–Crippen LogP) is 11.8. The molecule has 5 heteroatoms. The highest BCUT2D eigenvalue weighted by Gasteiger charge is 2.36. The van der Waals surface area contributed by atoms with Crippen molar-refractivity contribution in [1.29, 1.82) is 0 Å². The summed E-state index contributed by atoms with van der Waals surface area (Å²) in [5.41, 5.74) is 12.6. The molecule has 0 unspecified atom stereocenters. The van der Waals surface area contributed by atoms with Crippen molar-refractivity contribution >= 4 is 65.4 Å². The minimum atomic E-state index is -0.180. The summed E-state index contributed by atoms with van der Waals surface area (Å²) >= 11 is 0. The van der Waals surface area contributed by atoms with Gasteiger partial charge in [0.15, 0.2) is 17.5 Å². The lowest BCUT2D eigenvalue weighted by atomic mass is 9.81. The van der Waals surface area contributed by atoms with Crippen LogP contribution in [0.15, 0.2) is 152 Å². The van der Waals surface area contributed by atoms with Gasteiger partial charge >= 0.3 is 0 Å². The van der Waals surface area contributed by atoms with Crippen molar-refractivity contribution in [3.63, 3.8) is 0 Å². The lowest BCUT2D eigenvalue weighted by Gasteiger charge is -2.22. The zero-order valence-electron chi connectivity index (χ0n) is 29.2. The molecule has 0 spiro atoms. The van der Waals surface area contributed by atoms with E-state index in [2.05, 4.69) is 138 Å². The summed E-state index contributed by atoms with van der Waals surface area (Å²) < 4.78 is 5.05. The van der Waals surface area contributed by atoms with Crippen molar-refractivity contribution in [3.05, 3.63) is 163 Å². The number of rotatable bonds is 3. The summed E-state index contributed by atoms with van der Waals surface area (Å²) in [7, 11) is 0. The van der Waals surface area contributed by atoms with E-state index in [4.69, 9.17) is 15.0 Å². The van der Waals surface area contributed by atoms with Crippen LogP contribution in [0.4, 0.5) is 0 Å². The third-order valence-electron chi connectivity index (χ3n) is 11.7. The van der Waals surface area contributed by atoms with E-state index in [0.29, 0.717) is 17.5 Å². The first-order valence-corrected chi connectivity index (χ1v) is 18.2. The van der Waals surface area contributed by atoms with Gasteiger partial charge in [-0.2, -0.15) is 0 Å². The van der Waals surface area contributed by atoms with Gasteiger partial charge in [-0.3, -0.25) is 0 Å². The Bertz CT molecular complexity index is 3300. The van der Waals surface area contributed by atoms with Crippen LogP contribution in [0.3, 0.4) is 0 Å². The third-order valence-corrected chi connectivity index (χ3v) is 11.7. The van der Waals surface area contributed by atoms with Crippen LogP contribution in [0, 0.1) is 0 Å². The Labute approximate surface area is 304 Å². The number of para-hydroxylation sites is 2. The molecule has 12 rings (SSSR count). The second-order valence-electron chi connectivity index (χ2n) is 14.8. The van der Waals surface area contributed by atoms with Crippen LogP contribution in [0.1, 0.15) is 25.0 Å². The second-order valence-corrected chi connectivity index (χ2v) is 14.8. The summed E-state index contributed by atoms with van der Waals surface area (Å²) in [5, 5.41) is 7.46. The Kier molecular flexibility index (Phi) is 5.51. The molecule has 5 nitrogen and oxygen atoms in total. The molecule has 1 aliphatic carbocycles. The van der Waals surface area contributed by atoms with Gasteiger partial charge in [-0.05, 0) is 35.4 Å². The second kappa shape index (κ2) is 10.1. The average molecular weight is 678 g/mol. The van der Waals surface area contributed by atoms with Crippen LogP contribution >= 0.6 is 0 Å². The first-order valence-electron chi connectivity index (χ1n) is 18.2. The van der Waals surface area contributed by atoms with E-state index >= 15 is 0 Å². The molecule has 1 aliphatic rings. The van der Waals surface area contributed by atoms with E-state index < -0.39 is 0 Å². The Balaban J connectivity index is 1.32. The molecule has 0 saturated carbocycles. The molecule has 4 heterocycles. The highest BCUT2D eigenvalue weighted by Crippen LogP contribution is 2.52. The Morgan fingerprint density at radius 1 is 0.377 bits per heavy atom. The number of hydrogen-bond donors (Lipinski definition) is 0. The molecule has 0 bridgehead atoms. The SMILES string of the molecule is CC1(C)c2cccc3c2c2c1ccc1c4c(-c5nc(-c6ccccc6)nc(-c6ccccc6)n5)cccc4n(c4cccc5c6ccccc6n3c54)c12. The van der Waals surface area contributed by atoms with Crippen molar-refractivity contribution < 1.29 is 0 Å². The summed E-state index contributed by atoms with van der Waals surface area (Å²) in [4.78, 5) is 15.5. The van der Waals surface area contributed by atoms with Gasteiger partial charge in [0.05, 0.1) is 33.1 Å². The van der Waals surface area contributed by atoms with E-state index in [-0.39, 0.29) is 5.41 Å². The average Bonchev–Trinajstić information content (AvgIpc) is 3.81. The molecule has 0 N–H and O–H groups in total. The lowest BCUT2D eigenvalue weighted by Crippen LogP contribution is -2.15. The van der Waals surface area contributed by atoms with E-state index in [1.54, 1.807) is 0 Å². The van der Waals surface area contributed by atoms with Crippen LogP contribution in [-0.4, -0.2) is 23.8 Å². The molecule has 7 aromatic carbocycles. The number of benzene rings is 7. The molecule has 0 fully saturated rings. The van der Waals surface area contributed by atoms with Gasteiger partial charge in [-0.25, -0.2) is 15.0 Å². The van der Waals surface area contributed by atoms with Crippen molar-refractivity contribution in [3.8, 4) is 34.2 Å². The van der Waals surface area contributed by atoms with Crippen LogP contribution < -0.4 is 0 Å². The molecule has 0 radical (unpaired) electrons. The monoisotopic (exact) mass is 677 g/mol. The third kappa shape index (κ3) is 3.68. The minimum Gasteiger partial charge on any atom is -0.307 e. The molecular formula is C48H31N5. The molecular weight excluding hydrogens is 647 g/mol. The Morgan fingerprint density at radius 2 is 0.925 bits per heavy atom. The maximum atomic E-state index is 5.22. The topological polar surface area (TPSA) is 47.5 Å². The quantitative estimate of drug-likeness (QED) is 0.187. The van der Waals surface area contributed by atoms with Gasteiger partial charge in [0, 0.05) is 54.4 Å². The van der Waals surface area contributed by atoms with Crippen molar-refractivity contribution in [1.82, 2.24) is 23.8 Å². The predicted molar refractivity (Wildman–Crippen MR) is 218 cm³/mol. The maximum Gasteiger partial charge on any atom is 0.164 e. The van der Waals surface area contributed by atoms with Gasteiger partial charge in [0.25, 0.3) is 0 Å². The van der Waals surface area contributed by atoms with Crippen LogP contribution in [-0.2, 0) is 5.41 Å². The fourth-order valence-corrected chi connectivity index (χ4v) is 9.38. The Hall–Kier alpha value is -6.85. The summed E-state index contributed by atoms with van der Waals surface area (Å²) in [6.45, 7) is 4.75. The molecule has 0 saturated heterocycles. The first-order chi connectivity index (χ1) is 26.1. The highest BCUT2D eigenvalue weighted by molar-refractivity contribution is 6.27. The van der Waals surface area contributed by atoms with Crippen molar-refractivity contribution in [2.75, 3.05) is 0 Å². The number of nitrogens with zero attached hydrogens (tertiary/aromatic N) is 5. The van der Waals surface area contributed by atoms with Crippen molar-refractivity contribution in [2.45, 2.75) is 19.3 Å². The number of aromatic nitrogens is 5. The zero-order valence-corrected chi connectivity index (χ0v) is 29.2. The molecule has 0 atom stereocenters. The van der Waals surface area contributed by atoms with E-state index in [0.717, 1.165) is 33.1 Å². The van der Waals surface area contributed by atoms with Crippen molar-refractivity contribution in [2.24, 2.45) is 0 Å². The van der Waals surface area contributed by atoms with Gasteiger partial charge < -0.3 is 8.80 Å². The molecule has 248 valence electrons. The van der Waals surface area contributed by atoms with Gasteiger partial charge in [0.2, 0.25) is 0 Å². The Morgan fingerprint density at radius 3 is 1.68 bits per heavy atom. The fourth-order valence-electron chi connectivity index (χ4n) is 9.38. The van der Waals surface area contributed by atoms with Gasteiger partial charge in [-0.15, -0.1) is 0 Å². The molecule has 4 aromatic heterocycles. The highest BCUT2D eigenvalue weighted by atomic mass is 15.0. The first kappa shape index (κ1) is 28.8. The summed E-state index contributed by atoms with van der Waals surface area (Å²) in [6.07, 6.45) is 0. The van der Waals surface area contributed by atoms with Crippen LogP contribution in [0.2, 0.25) is 0 Å². The van der Waals surface area contributed by atoms with E-state index in [1.165, 1.54) is 60.1 Å². The summed E-state index contributed by atoms with van der Waals surface area (Å²) in [5.74, 6) is 1.97. The molecule has 0 amide bonds. The normalized spacial score (nSPS) is 13.6. The standard InChI is InChI=1S/C48H31N5/c1-48(2)34-21-13-24-38-41(34)42-35(48)27-26-32-40-33(47-50-45(28-14-5-3-6-15-28)49-46(51-47)29-16-7-4-8-17-29)20-12-23-37(40)53(44(32)42)39-25-11-19-31-30-18-9-10-22-36(30)52(38)43(31)39/h3-27H,1-2H3. The minimum absolute atomic E-state index is 0.180. The smallest absolute Gasteiger partial charge is 0.164 e. The number of fused-ring (bicyclic) bond motifs is 8. The van der Waals surface area contributed by atoms with Crippen LogP contribution in [0.5, 0.6) is 0 Å². The molecule has 11 aromatic rings. The van der Waals surface area contributed by atoms with E-state index in [9.17, 15) is 0 Å². The fraction of sp³-hybridized carbons (Fsp3) is 0.0625. The van der Waals surface area contributed by atoms with Gasteiger partial charge in [-0.1, -0.05) is 141 Å². The largest absolute Gasteiger partial charge is 0.307 e. The number of hydrogen-bond acceptors (Lipinski definition) is 3. The van der Waals surface area contributed by atoms with E-state index in [1.807, 2.05) is 36.4 Å². The maximum absolute atomic E-state index is 5.22.